The standard InChI is InChI=1S/C12H15BrN4OS/c1-7-5-15-8(6-14-7)4-9(18)10-11(13)16-12(19-3)17(10)2/h5-6,9,18H,4H2,1-3H3/t9-/m0/s1. The molecular formula is C12H15BrN4OS. The minimum absolute atomic E-state index is 0.416. The van der Waals surface area contributed by atoms with Gasteiger partial charge in [0.25, 0.3) is 0 Å². The quantitative estimate of drug-likeness (QED) is 0.863. The highest BCUT2D eigenvalue weighted by Crippen LogP contribution is 2.28. The average molecular weight is 343 g/mol. The molecule has 2 aromatic heterocycles. The van der Waals surface area contributed by atoms with E-state index in [9.17, 15) is 5.11 Å². The van der Waals surface area contributed by atoms with Crippen molar-refractivity contribution < 1.29 is 5.11 Å². The average Bonchev–Trinajstić information content (AvgIpc) is 2.67. The van der Waals surface area contributed by atoms with Gasteiger partial charge in [-0.3, -0.25) is 9.97 Å². The lowest BCUT2D eigenvalue weighted by atomic mass is 10.1. The molecule has 0 saturated heterocycles. The van der Waals surface area contributed by atoms with Crippen molar-refractivity contribution in [1.29, 1.82) is 0 Å². The van der Waals surface area contributed by atoms with E-state index < -0.39 is 6.10 Å². The molecule has 102 valence electrons. The Morgan fingerprint density at radius 2 is 2.16 bits per heavy atom. The predicted molar refractivity (Wildman–Crippen MR) is 78.1 cm³/mol. The third kappa shape index (κ3) is 3.16. The third-order valence-corrected chi connectivity index (χ3v) is 4.10. The van der Waals surface area contributed by atoms with E-state index in [-0.39, 0.29) is 0 Å². The summed E-state index contributed by atoms with van der Waals surface area (Å²) >= 11 is 4.93. The van der Waals surface area contributed by atoms with Crippen molar-refractivity contribution in [2.24, 2.45) is 7.05 Å². The minimum atomic E-state index is -0.662. The SMILES string of the molecule is CSc1nc(Br)c([C@@H](O)Cc2cnc(C)cn2)n1C. The summed E-state index contributed by atoms with van der Waals surface area (Å²) in [5.74, 6) is 0. The molecular weight excluding hydrogens is 328 g/mol. The van der Waals surface area contributed by atoms with Crippen LogP contribution in [-0.4, -0.2) is 30.9 Å². The second kappa shape index (κ2) is 6.02. The van der Waals surface area contributed by atoms with Gasteiger partial charge in [-0.05, 0) is 29.1 Å². The Bertz CT molecular complexity index is 570. The summed E-state index contributed by atoms with van der Waals surface area (Å²) in [4.78, 5) is 12.8. The number of thioether (sulfide) groups is 1. The highest BCUT2D eigenvalue weighted by molar-refractivity contribution is 9.10. The van der Waals surface area contributed by atoms with Gasteiger partial charge >= 0.3 is 0 Å². The van der Waals surface area contributed by atoms with Crippen LogP contribution in [0.3, 0.4) is 0 Å². The third-order valence-electron chi connectivity index (χ3n) is 2.79. The van der Waals surface area contributed by atoms with Crippen molar-refractivity contribution in [1.82, 2.24) is 19.5 Å². The molecule has 0 bridgehead atoms. The highest BCUT2D eigenvalue weighted by Gasteiger charge is 2.20. The van der Waals surface area contributed by atoms with E-state index in [1.54, 1.807) is 12.4 Å². The van der Waals surface area contributed by atoms with Gasteiger partial charge in [-0.2, -0.15) is 0 Å². The zero-order chi connectivity index (χ0) is 14.0. The Kier molecular flexibility index (Phi) is 4.59. The maximum Gasteiger partial charge on any atom is 0.168 e. The lowest BCUT2D eigenvalue weighted by molar-refractivity contribution is 0.167. The molecule has 0 aliphatic heterocycles. The van der Waals surface area contributed by atoms with Crippen LogP contribution < -0.4 is 0 Å². The topological polar surface area (TPSA) is 63.8 Å². The first-order chi connectivity index (χ1) is 9.02. The van der Waals surface area contributed by atoms with E-state index in [2.05, 4.69) is 30.9 Å². The van der Waals surface area contributed by atoms with Crippen LogP contribution in [0.5, 0.6) is 0 Å². The number of aryl methyl sites for hydroxylation is 1. The maximum atomic E-state index is 10.3. The second-order valence-electron chi connectivity index (χ2n) is 4.20. The molecule has 0 aromatic carbocycles. The van der Waals surface area contributed by atoms with Gasteiger partial charge in [-0.1, -0.05) is 11.8 Å². The smallest absolute Gasteiger partial charge is 0.168 e. The first kappa shape index (κ1) is 14.5. The Hall–Kier alpha value is -0.920. The van der Waals surface area contributed by atoms with Crippen LogP contribution >= 0.6 is 27.7 Å². The summed E-state index contributed by atoms with van der Waals surface area (Å²) in [6, 6.07) is 0. The van der Waals surface area contributed by atoms with E-state index in [0.717, 1.165) is 22.2 Å². The number of aromatic nitrogens is 4. The van der Waals surface area contributed by atoms with E-state index in [1.807, 2.05) is 24.8 Å². The summed E-state index contributed by atoms with van der Waals surface area (Å²) in [6.07, 6.45) is 5.10. The molecule has 0 aliphatic rings. The zero-order valence-electron chi connectivity index (χ0n) is 11.0. The number of hydrogen-bond acceptors (Lipinski definition) is 5. The number of aliphatic hydroxyl groups is 1. The molecule has 0 aliphatic carbocycles. The molecule has 0 spiro atoms. The number of rotatable bonds is 4. The van der Waals surface area contributed by atoms with Crippen molar-refractivity contribution in [2.75, 3.05) is 6.26 Å². The lowest BCUT2D eigenvalue weighted by Gasteiger charge is -2.12. The van der Waals surface area contributed by atoms with E-state index in [4.69, 9.17) is 0 Å². The van der Waals surface area contributed by atoms with Gasteiger partial charge in [0.15, 0.2) is 5.16 Å². The van der Waals surface area contributed by atoms with Crippen LogP contribution in [0, 0.1) is 6.92 Å². The summed E-state index contributed by atoms with van der Waals surface area (Å²) in [7, 11) is 1.89. The summed E-state index contributed by atoms with van der Waals surface area (Å²) < 4.78 is 2.56. The molecule has 2 heterocycles. The predicted octanol–water partition coefficient (Wildman–Crippen LogP) is 2.28. The maximum absolute atomic E-state index is 10.3. The molecule has 0 unspecified atom stereocenters. The van der Waals surface area contributed by atoms with Gasteiger partial charge in [-0.25, -0.2) is 4.98 Å². The van der Waals surface area contributed by atoms with Gasteiger partial charge in [0.05, 0.1) is 17.1 Å². The van der Waals surface area contributed by atoms with E-state index >= 15 is 0 Å². The van der Waals surface area contributed by atoms with E-state index in [0.29, 0.717) is 11.0 Å². The first-order valence-electron chi connectivity index (χ1n) is 5.74. The molecule has 2 aromatic rings. The molecule has 19 heavy (non-hydrogen) atoms. The fraction of sp³-hybridized carbons (Fsp3) is 0.417. The summed E-state index contributed by atoms with van der Waals surface area (Å²) in [5, 5.41) is 11.2. The van der Waals surface area contributed by atoms with Crippen LogP contribution in [0.25, 0.3) is 0 Å². The van der Waals surface area contributed by atoms with Crippen molar-refractivity contribution in [3.05, 3.63) is 34.1 Å². The van der Waals surface area contributed by atoms with Gasteiger partial charge < -0.3 is 9.67 Å². The normalized spacial score (nSPS) is 12.7. The number of imidazole rings is 1. The van der Waals surface area contributed by atoms with Gasteiger partial charge in [0.1, 0.15) is 10.7 Å². The molecule has 0 saturated carbocycles. The number of aliphatic hydroxyl groups excluding tert-OH is 1. The summed E-state index contributed by atoms with van der Waals surface area (Å²) in [6.45, 7) is 1.88. The van der Waals surface area contributed by atoms with Crippen molar-refractivity contribution >= 4 is 27.7 Å². The number of hydrogen-bond donors (Lipinski definition) is 1. The van der Waals surface area contributed by atoms with Crippen molar-refractivity contribution in [3.63, 3.8) is 0 Å². The van der Waals surface area contributed by atoms with Crippen molar-refractivity contribution in [3.8, 4) is 0 Å². The van der Waals surface area contributed by atoms with Crippen LogP contribution in [0.4, 0.5) is 0 Å². The fourth-order valence-corrected chi connectivity index (χ4v) is 3.19. The monoisotopic (exact) mass is 342 g/mol. The Balaban J connectivity index is 2.22. The van der Waals surface area contributed by atoms with Gasteiger partial charge in [-0.15, -0.1) is 0 Å². The highest BCUT2D eigenvalue weighted by atomic mass is 79.9. The Morgan fingerprint density at radius 3 is 2.68 bits per heavy atom. The lowest BCUT2D eigenvalue weighted by Crippen LogP contribution is -2.09. The molecule has 5 nitrogen and oxygen atoms in total. The second-order valence-corrected chi connectivity index (χ2v) is 5.73. The van der Waals surface area contributed by atoms with E-state index in [1.165, 1.54) is 11.8 Å². The van der Waals surface area contributed by atoms with Gasteiger partial charge in [0, 0.05) is 25.9 Å². The van der Waals surface area contributed by atoms with Crippen LogP contribution in [-0.2, 0) is 13.5 Å². The number of halogens is 1. The van der Waals surface area contributed by atoms with Crippen LogP contribution in [0.1, 0.15) is 23.2 Å². The molecule has 1 atom stereocenters. The molecule has 0 radical (unpaired) electrons. The Morgan fingerprint density at radius 1 is 1.42 bits per heavy atom. The van der Waals surface area contributed by atoms with Crippen molar-refractivity contribution in [2.45, 2.75) is 24.6 Å². The summed E-state index contributed by atoms with van der Waals surface area (Å²) in [5.41, 5.74) is 2.38. The van der Waals surface area contributed by atoms with Gasteiger partial charge in [0.2, 0.25) is 0 Å². The number of nitrogens with zero attached hydrogens (tertiary/aromatic N) is 4. The Labute approximate surface area is 124 Å². The molecule has 0 fully saturated rings. The largest absolute Gasteiger partial charge is 0.386 e. The molecule has 2 rings (SSSR count). The molecule has 0 amide bonds. The zero-order valence-corrected chi connectivity index (χ0v) is 13.4. The first-order valence-corrected chi connectivity index (χ1v) is 7.76. The molecule has 7 heteroatoms. The fourth-order valence-electron chi connectivity index (χ4n) is 1.82. The minimum Gasteiger partial charge on any atom is -0.386 e. The van der Waals surface area contributed by atoms with Crippen LogP contribution in [0.2, 0.25) is 0 Å². The van der Waals surface area contributed by atoms with Crippen LogP contribution in [0.15, 0.2) is 22.2 Å². The molecule has 1 N–H and O–H groups in total.